The molecule has 29 heavy (non-hydrogen) atoms. The fraction of sp³-hybridized carbons (Fsp3) is 0.250. The molecule has 9 heteroatoms. The van der Waals surface area contributed by atoms with Gasteiger partial charge in [0, 0.05) is 18.5 Å². The molecule has 1 heterocycles. The van der Waals surface area contributed by atoms with E-state index in [0.717, 1.165) is 17.7 Å². The van der Waals surface area contributed by atoms with E-state index in [2.05, 4.69) is 15.5 Å². The monoisotopic (exact) mass is 405 g/mol. The smallest absolute Gasteiger partial charge is 0.367 e. The summed E-state index contributed by atoms with van der Waals surface area (Å²) in [6.45, 7) is 0.534. The Morgan fingerprint density at radius 3 is 2.48 bits per heavy atom. The van der Waals surface area contributed by atoms with Gasteiger partial charge in [0.05, 0.1) is 12.2 Å². The molecule has 1 amide bonds. The van der Waals surface area contributed by atoms with E-state index in [4.69, 9.17) is 9.26 Å². The molecular weight excluding hydrogens is 387 g/mol. The Bertz CT molecular complexity index is 925. The van der Waals surface area contributed by atoms with Crippen molar-refractivity contribution in [3.05, 3.63) is 71.6 Å². The van der Waals surface area contributed by atoms with Crippen LogP contribution in [0.3, 0.4) is 0 Å². The van der Waals surface area contributed by atoms with E-state index in [1.807, 2.05) is 30.3 Å². The topological polar surface area (TPSA) is 77.2 Å². The highest BCUT2D eigenvalue weighted by molar-refractivity contribution is 5.77. The summed E-state index contributed by atoms with van der Waals surface area (Å²) in [6, 6.07) is 14.0. The average Bonchev–Trinajstić information content (AvgIpc) is 3.17. The predicted molar refractivity (Wildman–Crippen MR) is 97.5 cm³/mol. The van der Waals surface area contributed by atoms with Gasteiger partial charge in [0.1, 0.15) is 6.61 Å². The number of carbonyl (C=O) groups is 1. The third-order valence-corrected chi connectivity index (χ3v) is 3.94. The van der Waals surface area contributed by atoms with Crippen molar-refractivity contribution in [2.24, 2.45) is 0 Å². The first-order chi connectivity index (χ1) is 13.9. The van der Waals surface area contributed by atoms with Gasteiger partial charge in [0.2, 0.25) is 17.6 Å². The maximum atomic E-state index is 12.6. The van der Waals surface area contributed by atoms with Gasteiger partial charge >= 0.3 is 6.18 Å². The molecule has 0 spiro atoms. The number of alkyl halides is 3. The van der Waals surface area contributed by atoms with Gasteiger partial charge in [-0.3, -0.25) is 4.79 Å². The number of rotatable bonds is 8. The summed E-state index contributed by atoms with van der Waals surface area (Å²) in [5.41, 5.74) is 0.635. The minimum absolute atomic E-state index is 0.0739. The van der Waals surface area contributed by atoms with Crippen molar-refractivity contribution in [2.75, 3.05) is 13.2 Å². The number of benzene rings is 2. The Morgan fingerprint density at radius 1 is 1.07 bits per heavy atom. The van der Waals surface area contributed by atoms with Crippen molar-refractivity contribution in [2.45, 2.75) is 19.2 Å². The van der Waals surface area contributed by atoms with Gasteiger partial charge in [-0.1, -0.05) is 47.6 Å². The molecule has 1 aromatic heterocycles. The van der Waals surface area contributed by atoms with E-state index >= 15 is 0 Å². The van der Waals surface area contributed by atoms with Crippen molar-refractivity contribution >= 4 is 5.91 Å². The van der Waals surface area contributed by atoms with Crippen LogP contribution in [-0.4, -0.2) is 29.2 Å². The number of hydrogen-bond donors (Lipinski definition) is 1. The van der Waals surface area contributed by atoms with Crippen molar-refractivity contribution in [1.82, 2.24) is 15.5 Å². The first kappa shape index (κ1) is 20.5. The zero-order valence-electron chi connectivity index (χ0n) is 15.3. The molecule has 0 saturated carbocycles. The molecule has 6 nitrogen and oxygen atoms in total. The van der Waals surface area contributed by atoms with Crippen LogP contribution in [0.4, 0.5) is 13.2 Å². The van der Waals surface area contributed by atoms with Crippen LogP contribution in [0.15, 0.2) is 59.1 Å². The summed E-state index contributed by atoms with van der Waals surface area (Å²) < 4.78 is 48.2. The molecule has 152 valence electrons. The second-order valence-corrected chi connectivity index (χ2v) is 6.17. The minimum atomic E-state index is -4.40. The van der Waals surface area contributed by atoms with E-state index in [9.17, 15) is 18.0 Å². The SMILES string of the molecule is O=C(COCc1ccccc1)NCCc1nc(-c2ccc(C(F)(F)F)cc2)no1. The number of nitrogens with zero attached hydrogens (tertiary/aromatic N) is 2. The maximum absolute atomic E-state index is 12.6. The second-order valence-electron chi connectivity index (χ2n) is 6.17. The fourth-order valence-electron chi connectivity index (χ4n) is 2.48. The fourth-order valence-corrected chi connectivity index (χ4v) is 2.48. The highest BCUT2D eigenvalue weighted by Gasteiger charge is 2.30. The summed E-state index contributed by atoms with van der Waals surface area (Å²) in [5, 5.41) is 6.43. The molecule has 2 aromatic carbocycles. The molecule has 0 radical (unpaired) electrons. The molecule has 1 N–H and O–H groups in total. The van der Waals surface area contributed by atoms with Crippen LogP contribution in [-0.2, 0) is 28.7 Å². The van der Waals surface area contributed by atoms with Crippen LogP contribution in [0.5, 0.6) is 0 Å². The Morgan fingerprint density at radius 2 is 1.79 bits per heavy atom. The number of hydrogen-bond acceptors (Lipinski definition) is 5. The lowest BCUT2D eigenvalue weighted by Crippen LogP contribution is -2.29. The van der Waals surface area contributed by atoms with Crippen LogP contribution in [0.25, 0.3) is 11.4 Å². The quantitative estimate of drug-likeness (QED) is 0.619. The highest BCUT2D eigenvalue weighted by atomic mass is 19.4. The van der Waals surface area contributed by atoms with Crippen LogP contribution < -0.4 is 5.32 Å². The molecule has 0 unspecified atom stereocenters. The predicted octanol–water partition coefficient (Wildman–Crippen LogP) is 3.63. The van der Waals surface area contributed by atoms with Crippen LogP contribution in [0, 0.1) is 0 Å². The number of ether oxygens (including phenoxy) is 1. The van der Waals surface area contributed by atoms with E-state index in [-0.39, 0.29) is 37.2 Å². The van der Waals surface area contributed by atoms with Crippen LogP contribution >= 0.6 is 0 Å². The van der Waals surface area contributed by atoms with Crippen molar-refractivity contribution < 1.29 is 27.2 Å². The molecule has 0 saturated heterocycles. The third-order valence-electron chi connectivity index (χ3n) is 3.94. The number of nitrogens with one attached hydrogen (secondary N) is 1. The first-order valence-corrected chi connectivity index (χ1v) is 8.80. The first-order valence-electron chi connectivity index (χ1n) is 8.80. The average molecular weight is 405 g/mol. The minimum Gasteiger partial charge on any atom is -0.367 e. The van der Waals surface area contributed by atoms with Gasteiger partial charge in [-0.25, -0.2) is 0 Å². The molecule has 0 bridgehead atoms. The summed E-state index contributed by atoms with van der Waals surface area (Å²) >= 11 is 0. The molecule has 0 atom stereocenters. The third kappa shape index (κ3) is 6.15. The summed E-state index contributed by atoms with van der Waals surface area (Å²) in [5.74, 6) is 0.181. The van der Waals surface area contributed by atoms with Crippen molar-refractivity contribution in [3.8, 4) is 11.4 Å². The number of halogens is 3. The Labute approximate surface area is 164 Å². The summed E-state index contributed by atoms with van der Waals surface area (Å²) in [7, 11) is 0. The Kier molecular flexibility index (Phi) is 6.61. The van der Waals surface area contributed by atoms with Gasteiger partial charge in [-0.15, -0.1) is 0 Å². The van der Waals surface area contributed by atoms with E-state index in [0.29, 0.717) is 12.2 Å². The molecule has 0 aliphatic carbocycles. The molecular formula is C20H18F3N3O3. The van der Waals surface area contributed by atoms with Gasteiger partial charge in [-0.05, 0) is 17.7 Å². The van der Waals surface area contributed by atoms with Gasteiger partial charge in [-0.2, -0.15) is 18.2 Å². The zero-order chi connectivity index (χ0) is 20.7. The van der Waals surface area contributed by atoms with E-state index in [1.54, 1.807) is 0 Å². The molecule has 0 fully saturated rings. The summed E-state index contributed by atoms with van der Waals surface area (Å²) in [4.78, 5) is 15.9. The maximum Gasteiger partial charge on any atom is 0.416 e. The second kappa shape index (κ2) is 9.33. The number of carbonyl (C=O) groups excluding carboxylic acids is 1. The number of amides is 1. The Balaban J connectivity index is 1.41. The van der Waals surface area contributed by atoms with Crippen LogP contribution in [0.2, 0.25) is 0 Å². The zero-order valence-corrected chi connectivity index (χ0v) is 15.3. The Hall–Kier alpha value is -3.20. The van der Waals surface area contributed by atoms with Crippen LogP contribution in [0.1, 0.15) is 17.0 Å². The van der Waals surface area contributed by atoms with E-state index in [1.165, 1.54) is 12.1 Å². The normalized spacial score (nSPS) is 11.4. The lowest BCUT2D eigenvalue weighted by Gasteiger charge is -2.06. The van der Waals surface area contributed by atoms with E-state index < -0.39 is 11.7 Å². The molecule has 0 aliphatic heterocycles. The van der Waals surface area contributed by atoms with Crippen molar-refractivity contribution in [1.29, 1.82) is 0 Å². The lowest BCUT2D eigenvalue weighted by atomic mass is 10.1. The van der Waals surface area contributed by atoms with Gasteiger partial charge in [0.25, 0.3) is 0 Å². The summed E-state index contributed by atoms with van der Waals surface area (Å²) in [6.07, 6.45) is -4.11. The molecule has 3 rings (SSSR count). The molecule has 3 aromatic rings. The largest absolute Gasteiger partial charge is 0.416 e. The standard InChI is InChI=1S/C20H18F3N3O3/c21-20(22,23)16-8-6-15(7-9-16)19-25-18(29-26-19)10-11-24-17(27)13-28-12-14-4-2-1-3-5-14/h1-9H,10-13H2,(H,24,27). The lowest BCUT2D eigenvalue weighted by molar-refractivity contribution is -0.137. The highest BCUT2D eigenvalue weighted by Crippen LogP contribution is 2.30. The van der Waals surface area contributed by atoms with Crippen molar-refractivity contribution in [3.63, 3.8) is 0 Å². The van der Waals surface area contributed by atoms with Gasteiger partial charge < -0.3 is 14.6 Å². The van der Waals surface area contributed by atoms with Gasteiger partial charge in [0.15, 0.2) is 0 Å². The number of aromatic nitrogens is 2. The molecule has 0 aliphatic rings.